The maximum atomic E-state index is 12.8. The van der Waals surface area contributed by atoms with Gasteiger partial charge in [0.25, 0.3) is 5.91 Å². The number of hydrogen-bond donors (Lipinski definition) is 0. The number of hydrazone groups is 1. The van der Waals surface area contributed by atoms with Gasteiger partial charge in [-0.05, 0) is 55.5 Å². The Morgan fingerprint density at radius 2 is 1.86 bits per heavy atom. The van der Waals surface area contributed by atoms with Crippen LogP contribution in [0.5, 0.6) is 5.75 Å². The van der Waals surface area contributed by atoms with Gasteiger partial charge in [-0.3, -0.25) is 4.79 Å². The summed E-state index contributed by atoms with van der Waals surface area (Å²) in [6.45, 7) is 1.75. The number of hydrogen-bond acceptors (Lipinski definition) is 7. The number of azo groups is 1. The van der Waals surface area contributed by atoms with E-state index in [0.717, 1.165) is 17.0 Å². The minimum absolute atomic E-state index is 0.282. The fourth-order valence-electron chi connectivity index (χ4n) is 2.71. The van der Waals surface area contributed by atoms with Crippen LogP contribution >= 0.6 is 22.9 Å². The average Bonchev–Trinajstić information content (AvgIpc) is 3.33. The zero-order valence-corrected chi connectivity index (χ0v) is 17.2. The summed E-state index contributed by atoms with van der Waals surface area (Å²) in [6, 6.07) is 13.7. The van der Waals surface area contributed by atoms with E-state index in [-0.39, 0.29) is 5.91 Å². The lowest BCUT2D eigenvalue weighted by Crippen LogP contribution is -2.29. The summed E-state index contributed by atoms with van der Waals surface area (Å²) in [5.74, 6) is 0.490. The zero-order valence-electron chi connectivity index (χ0n) is 15.6. The molecule has 2 heterocycles. The minimum atomic E-state index is -0.765. The molecule has 1 amide bonds. The summed E-state index contributed by atoms with van der Waals surface area (Å²) in [4.78, 5) is 17.4. The number of halogens is 1. The highest BCUT2D eigenvalue weighted by Crippen LogP contribution is 2.31. The lowest BCUT2D eigenvalue weighted by atomic mass is 10.2. The van der Waals surface area contributed by atoms with Gasteiger partial charge in [0.1, 0.15) is 5.75 Å². The molecule has 1 aliphatic rings. The van der Waals surface area contributed by atoms with Crippen LogP contribution < -0.4 is 9.75 Å². The van der Waals surface area contributed by atoms with E-state index in [4.69, 9.17) is 16.3 Å². The molecule has 1 aliphatic heterocycles. The fourth-order valence-corrected chi connectivity index (χ4v) is 3.63. The summed E-state index contributed by atoms with van der Waals surface area (Å²) in [5, 5.41) is 16.9. The molecule has 4 rings (SSSR count). The van der Waals surface area contributed by atoms with Gasteiger partial charge in [-0.25, -0.2) is 4.98 Å². The monoisotopic (exact) mass is 425 g/mol. The topological polar surface area (TPSA) is 79.5 Å². The Morgan fingerprint density at radius 1 is 1.14 bits per heavy atom. The highest BCUT2D eigenvalue weighted by Gasteiger charge is 2.36. The molecule has 0 unspecified atom stereocenters. The molecular weight excluding hydrogens is 410 g/mol. The first kappa shape index (κ1) is 19.2. The Balaban J connectivity index is 1.52. The van der Waals surface area contributed by atoms with Crippen LogP contribution in [0.4, 0.5) is 10.8 Å². The van der Waals surface area contributed by atoms with E-state index in [1.807, 2.05) is 29.6 Å². The van der Waals surface area contributed by atoms with Gasteiger partial charge in [0.2, 0.25) is 5.13 Å². The molecule has 0 saturated carbocycles. The van der Waals surface area contributed by atoms with E-state index < -0.39 is 6.04 Å². The van der Waals surface area contributed by atoms with Crippen molar-refractivity contribution >= 4 is 45.4 Å². The Hall–Kier alpha value is -3.10. The van der Waals surface area contributed by atoms with Crippen molar-refractivity contribution in [3.05, 3.63) is 58.9 Å². The van der Waals surface area contributed by atoms with Crippen LogP contribution in [0, 0.1) is 0 Å². The second-order valence-corrected chi connectivity index (χ2v) is 7.50. The molecule has 0 spiro atoms. The molecule has 9 heteroatoms. The molecule has 146 valence electrons. The van der Waals surface area contributed by atoms with Crippen LogP contribution in [0.15, 0.2) is 69.2 Å². The molecule has 0 fully saturated rings. The summed E-state index contributed by atoms with van der Waals surface area (Å²) in [5.41, 5.74) is 2.87. The highest BCUT2D eigenvalue weighted by atomic mass is 35.5. The van der Waals surface area contributed by atoms with Gasteiger partial charge in [-0.15, -0.1) is 11.3 Å². The van der Waals surface area contributed by atoms with Crippen molar-refractivity contribution in [3.8, 4) is 17.0 Å². The molecule has 1 atom stereocenters. The van der Waals surface area contributed by atoms with E-state index in [9.17, 15) is 4.79 Å². The van der Waals surface area contributed by atoms with Gasteiger partial charge in [0.05, 0.1) is 24.2 Å². The van der Waals surface area contributed by atoms with Gasteiger partial charge in [0.15, 0.2) is 6.04 Å². The molecule has 3 aromatic rings. The molecule has 0 N–H and O–H groups in total. The van der Waals surface area contributed by atoms with Crippen LogP contribution in [-0.2, 0) is 4.79 Å². The predicted octanol–water partition coefficient (Wildman–Crippen LogP) is 5.35. The predicted molar refractivity (Wildman–Crippen MR) is 114 cm³/mol. The molecule has 1 aromatic heterocycles. The quantitative estimate of drug-likeness (QED) is 0.517. The number of ether oxygens (including phenoxy) is 1. The van der Waals surface area contributed by atoms with Crippen molar-refractivity contribution in [2.45, 2.75) is 13.0 Å². The smallest absolute Gasteiger partial charge is 0.282 e. The third kappa shape index (κ3) is 4.03. The lowest BCUT2D eigenvalue weighted by Gasteiger charge is -2.08. The Kier molecular flexibility index (Phi) is 5.37. The summed E-state index contributed by atoms with van der Waals surface area (Å²) in [6.07, 6.45) is 0. The number of methoxy groups -OCH3 is 1. The number of carbonyl (C=O) groups is 1. The number of rotatable bonds is 5. The highest BCUT2D eigenvalue weighted by molar-refractivity contribution is 7.14. The number of anilines is 1. The van der Waals surface area contributed by atoms with E-state index in [1.165, 1.54) is 16.3 Å². The van der Waals surface area contributed by atoms with Crippen molar-refractivity contribution in [1.82, 2.24) is 4.98 Å². The van der Waals surface area contributed by atoms with Gasteiger partial charge < -0.3 is 4.74 Å². The molecule has 0 aliphatic carbocycles. The van der Waals surface area contributed by atoms with Gasteiger partial charge in [-0.2, -0.15) is 20.3 Å². The Labute approximate surface area is 176 Å². The normalized spacial score (nSPS) is 16.5. The van der Waals surface area contributed by atoms with E-state index in [1.54, 1.807) is 38.3 Å². The first-order chi connectivity index (χ1) is 14.0. The standard InChI is InChI=1S/C20H16ClN5O2S/c1-12-18(24-23-15-7-5-14(21)6-8-15)19(27)26(25-12)20-22-17(11-29-20)13-3-9-16(28-2)10-4-13/h3-11,18H,1-2H3/t18-/m0/s1. The van der Waals surface area contributed by atoms with Crippen molar-refractivity contribution in [2.75, 3.05) is 12.1 Å². The number of aromatic nitrogens is 1. The number of amides is 1. The van der Waals surface area contributed by atoms with E-state index >= 15 is 0 Å². The summed E-state index contributed by atoms with van der Waals surface area (Å²) < 4.78 is 5.18. The van der Waals surface area contributed by atoms with E-state index in [0.29, 0.717) is 21.6 Å². The molecule has 0 saturated heterocycles. The van der Waals surface area contributed by atoms with Gasteiger partial charge in [-0.1, -0.05) is 11.6 Å². The SMILES string of the molecule is COc1ccc(-c2csc(N3N=C(C)[C@H](N=Nc4ccc(Cl)cc4)C3=O)n2)cc1. The first-order valence-electron chi connectivity index (χ1n) is 8.70. The van der Waals surface area contributed by atoms with Crippen molar-refractivity contribution in [1.29, 1.82) is 0 Å². The minimum Gasteiger partial charge on any atom is -0.497 e. The van der Waals surface area contributed by atoms with Crippen molar-refractivity contribution in [3.63, 3.8) is 0 Å². The van der Waals surface area contributed by atoms with Crippen molar-refractivity contribution in [2.24, 2.45) is 15.3 Å². The first-order valence-corrected chi connectivity index (χ1v) is 9.96. The van der Waals surface area contributed by atoms with Crippen LogP contribution in [-0.4, -0.2) is 29.8 Å². The van der Waals surface area contributed by atoms with Crippen LogP contribution in [0.2, 0.25) is 5.02 Å². The van der Waals surface area contributed by atoms with Gasteiger partial charge >= 0.3 is 0 Å². The zero-order chi connectivity index (χ0) is 20.4. The Bertz CT molecular complexity index is 1090. The summed E-state index contributed by atoms with van der Waals surface area (Å²) in [7, 11) is 1.62. The largest absolute Gasteiger partial charge is 0.497 e. The molecule has 7 nitrogen and oxygen atoms in total. The third-order valence-corrected chi connectivity index (χ3v) is 5.34. The van der Waals surface area contributed by atoms with Gasteiger partial charge in [0, 0.05) is 16.0 Å². The maximum Gasteiger partial charge on any atom is 0.282 e. The number of benzene rings is 2. The van der Waals surface area contributed by atoms with Crippen LogP contribution in [0.3, 0.4) is 0 Å². The molecule has 29 heavy (non-hydrogen) atoms. The van der Waals surface area contributed by atoms with Crippen LogP contribution in [0.1, 0.15) is 6.92 Å². The second-order valence-electron chi connectivity index (χ2n) is 6.23. The molecule has 0 bridgehead atoms. The van der Waals surface area contributed by atoms with Crippen LogP contribution in [0.25, 0.3) is 11.3 Å². The third-order valence-electron chi connectivity index (χ3n) is 4.27. The summed E-state index contributed by atoms with van der Waals surface area (Å²) >= 11 is 7.21. The lowest BCUT2D eigenvalue weighted by molar-refractivity contribution is -0.117. The second kappa shape index (κ2) is 8.10. The van der Waals surface area contributed by atoms with Crippen molar-refractivity contribution < 1.29 is 9.53 Å². The Morgan fingerprint density at radius 3 is 2.55 bits per heavy atom. The number of nitrogens with zero attached hydrogens (tertiary/aromatic N) is 5. The van der Waals surface area contributed by atoms with E-state index in [2.05, 4.69) is 20.3 Å². The molecule has 2 aromatic carbocycles. The molecular formula is C20H16ClN5O2S. The maximum absolute atomic E-state index is 12.8. The molecule has 0 radical (unpaired) electrons. The number of carbonyl (C=O) groups excluding carboxylic acids is 1. The average molecular weight is 426 g/mol. The number of thiazole rings is 1. The fraction of sp³-hybridized carbons (Fsp3) is 0.150.